The molecule has 1 saturated heterocycles. The van der Waals surface area contributed by atoms with Crippen LogP contribution in [0, 0.1) is 5.92 Å². The van der Waals surface area contributed by atoms with E-state index in [0.717, 1.165) is 0 Å². The average Bonchev–Trinajstić information content (AvgIpc) is 2.46. The molecule has 1 unspecified atom stereocenters. The molecule has 0 spiro atoms. The van der Waals surface area contributed by atoms with Gasteiger partial charge in [-0.15, -0.1) is 0 Å². The maximum atomic E-state index is 12.3. The number of nitrogens with zero attached hydrogens (tertiary/aromatic N) is 2. The van der Waals surface area contributed by atoms with Crippen molar-refractivity contribution in [2.75, 3.05) is 25.0 Å². The fourth-order valence-electron chi connectivity index (χ4n) is 2.35. The predicted molar refractivity (Wildman–Crippen MR) is 73.8 cm³/mol. The molecule has 1 aliphatic rings. The maximum Gasteiger partial charge on any atom is 0.324 e. The molecule has 108 valence electrons. The van der Waals surface area contributed by atoms with E-state index in [0.29, 0.717) is 25.1 Å². The van der Waals surface area contributed by atoms with Crippen LogP contribution in [0.1, 0.15) is 12.8 Å². The Hall–Kier alpha value is -2.24. The van der Waals surface area contributed by atoms with Crippen LogP contribution in [0.3, 0.4) is 0 Å². The van der Waals surface area contributed by atoms with Crippen LogP contribution in [-0.2, 0) is 4.79 Å². The molecule has 0 aliphatic carbocycles. The van der Waals surface area contributed by atoms with Gasteiger partial charge in [0.2, 0.25) is 0 Å². The van der Waals surface area contributed by atoms with Crippen LogP contribution >= 0.6 is 0 Å². The number of aliphatic carboxylic acids is 1. The fraction of sp³-hybridized carbons (Fsp3) is 0.429. The smallest absolute Gasteiger partial charge is 0.324 e. The number of carboxylic acids is 1. The number of carbonyl (C=O) groups excluding carboxylic acids is 1. The van der Waals surface area contributed by atoms with Crippen molar-refractivity contribution in [3.63, 3.8) is 0 Å². The SMILES string of the molecule is CN(C(=O)N1CCCC(C(=O)O)C1)c1ccc(O)cc1. The summed E-state index contributed by atoms with van der Waals surface area (Å²) in [5.74, 6) is -1.20. The van der Waals surface area contributed by atoms with Gasteiger partial charge in [0.15, 0.2) is 0 Å². The van der Waals surface area contributed by atoms with Crippen molar-refractivity contribution < 1.29 is 19.8 Å². The van der Waals surface area contributed by atoms with Crippen LogP contribution in [0.2, 0.25) is 0 Å². The number of hydrogen-bond donors (Lipinski definition) is 2. The maximum absolute atomic E-state index is 12.3. The average molecular weight is 278 g/mol. The number of hydrogen-bond acceptors (Lipinski definition) is 3. The largest absolute Gasteiger partial charge is 0.508 e. The Balaban J connectivity index is 2.06. The molecule has 2 rings (SSSR count). The minimum atomic E-state index is -0.852. The van der Waals surface area contributed by atoms with Gasteiger partial charge in [0.1, 0.15) is 5.75 Å². The van der Waals surface area contributed by atoms with Crippen molar-refractivity contribution in [1.29, 1.82) is 0 Å². The van der Waals surface area contributed by atoms with Crippen molar-refractivity contribution in [2.24, 2.45) is 5.92 Å². The van der Waals surface area contributed by atoms with E-state index in [2.05, 4.69) is 0 Å². The van der Waals surface area contributed by atoms with E-state index in [4.69, 9.17) is 5.11 Å². The van der Waals surface area contributed by atoms with E-state index in [1.807, 2.05) is 0 Å². The molecule has 0 radical (unpaired) electrons. The lowest BCUT2D eigenvalue weighted by molar-refractivity contribution is -0.143. The Bertz CT molecular complexity index is 500. The summed E-state index contributed by atoms with van der Waals surface area (Å²) in [6, 6.07) is 6.09. The lowest BCUT2D eigenvalue weighted by atomic mass is 9.99. The number of carboxylic acid groups (broad SMARTS) is 1. The standard InChI is InChI=1S/C14H18N2O4/c1-15(11-4-6-12(17)7-5-11)14(20)16-8-2-3-10(9-16)13(18)19/h4-7,10,17H,2-3,8-9H2,1H3,(H,18,19). The van der Waals surface area contributed by atoms with Crippen LogP contribution in [-0.4, -0.2) is 47.3 Å². The second-order valence-corrected chi connectivity index (χ2v) is 4.98. The van der Waals surface area contributed by atoms with Crippen LogP contribution in [0.5, 0.6) is 5.75 Å². The molecular weight excluding hydrogens is 260 g/mol. The van der Waals surface area contributed by atoms with Crippen molar-refractivity contribution in [2.45, 2.75) is 12.8 Å². The van der Waals surface area contributed by atoms with Crippen molar-refractivity contribution in [3.05, 3.63) is 24.3 Å². The Morgan fingerprint density at radius 2 is 1.95 bits per heavy atom. The summed E-state index contributed by atoms with van der Waals surface area (Å²) in [6.45, 7) is 0.821. The van der Waals surface area contributed by atoms with Gasteiger partial charge >= 0.3 is 12.0 Å². The molecule has 0 saturated carbocycles. The molecule has 1 aliphatic heterocycles. The Kier molecular flexibility index (Phi) is 4.12. The van der Waals surface area contributed by atoms with Gasteiger partial charge in [0.25, 0.3) is 0 Å². The van der Waals surface area contributed by atoms with Gasteiger partial charge in [-0.05, 0) is 37.1 Å². The van der Waals surface area contributed by atoms with E-state index in [9.17, 15) is 14.7 Å². The molecule has 2 amide bonds. The lowest BCUT2D eigenvalue weighted by Crippen LogP contribution is -2.47. The van der Waals surface area contributed by atoms with Gasteiger partial charge in [-0.1, -0.05) is 0 Å². The first-order valence-electron chi connectivity index (χ1n) is 6.53. The topological polar surface area (TPSA) is 81.1 Å². The monoisotopic (exact) mass is 278 g/mol. The molecular formula is C14H18N2O4. The van der Waals surface area contributed by atoms with E-state index < -0.39 is 11.9 Å². The summed E-state index contributed by atoms with van der Waals surface area (Å²) in [5.41, 5.74) is 0.658. The highest BCUT2D eigenvalue weighted by Gasteiger charge is 2.29. The van der Waals surface area contributed by atoms with Crippen LogP contribution in [0.25, 0.3) is 0 Å². The molecule has 6 nitrogen and oxygen atoms in total. The molecule has 20 heavy (non-hydrogen) atoms. The quantitative estimate of drug-likeness (QED) is 0.863. The van der Waals surface area contributed by atoms with Crippen molar-refractivity contribution in [1.82, 2.24) is 4.90 Å². The Morgan fingerprint density at radius 1 is 1.30 bits per heavy atom. The molecule has 2 N–H and O–H groups in total. The van der Waals surface area contributed by atoms with Gasteiger partial charge in [-0.2, -0.15) is 0 Å². The van der Waals surface area contributed by atoms with E-state index in [1.165, 1.54) is 17.0 Å². The summed E-state index contributed by atoms with van der Waals surface area (Å²) >= 11 is 0. The first-order chi connectivity index (χ1) is 9.49. The highest BCUT2D eigenvalue weighted by molar-refractivity contribution is 5.91. The third kappa shape index (κ3) is 3.01. The van der Waals surface area contributed by atoms with Gasteiger partial charge in [0, 0.05) is 25.8 Å². The zero-order valence-electron chi connectivity index (χ0n) is 11.3. The summed E-state index contributed by atoms with van der Waals surface area (Å²) in [7, 11) is 1.64. The molecule has 1 fully saturated rings. The van der Waals surface area contributed by atoms with Crippen molar-refractivity contribution >= 4 is 17.7 Å². The number of rotatable bonds is 2. The van der Waals surface area contributed by atoms with E-state index in [-0.39, 0.29) is 18.3 Å². The number of amides is 2. The number of likely N-dealkylation sites (tertiary alicyclic amines) is 1. The third-order valence-corrected chi connectivity index (χ3v) is 3.57. The van der Waals surface area contributed by atoms with Gasteiger partial charge in [0.05, 0.1) is 5.92 Å². The Labute approximate surface area is 117 Å². The van der Waals surface area contributed by atoms with Crippen LogP contribution in [0.4, 0.5) is 10.5 Å². The highest BCUT2D eigenvalue weighted by atomic mass is 16.4. The predicted octanol–water partition coefficient (Wildman–Crippen LogP) is 1.75. The summed E-state index contributed by atoms with van der Waals surface area (Å²) < 4.78 is 0. The molecule has 0 bridgehead atoms. The normalized spacial score (nSPS) is 18.6. The molecule has 1 aromatic rings. The first kappa shape index (κ1) is 14.2. The van der Waals surface area contributed by atoms with Crippen LogP contribution in [0.15, 0.2) is 24.3 Å². The minimum Gasteiger partial charge on any atom is -0.508 e. The highest BCUT2D eigenvalue weighted by Crippen LogP contribution is 2.21. The molecule has 0 aromatic heterocycles. The second-order valence-electron chi connectivity index (χ2n) is 4.98. The number of phenols is 1. The molecule has 6 heteroatoms. The Morgan fingerprint density at radius 3 is 2.55 bits per heavy atom. The zero-order chi connectivity index (χ0) is 14.7. The van der Waals surface area contributed by atoms with E-state index >= 15 is 0 Å². The number of phenolic OH excluding ortho intramolecular Hbond substituents is 1. The number of anilines is 1. The van der Waals surface area contributed by atoms with Gasteiger partial charge < -0.3 is 15.1 Å². The minimum absolute atomic E-state index is 0.138. The zero-order valence-corrected chi connectivity index (χ0v) is 11.3. The summed E-state index contributed by atoms with van der Waals surface area (Å²) in [4.78, 5) is 26.4. The number of piperidine rings is 1. The number of benzene rings is 1. The van der Waals surface area contributed by atoms with E-state index in [1.54, 1.807) is 24.1 Å². The second kappa shape index (κ2) is 5.81. The van der Waals surface area contributed by atoms with Crippen molar-refractivity contribution in [3.8, 4) is 5.75 Å². The summed E-state index contributed by atoms with van der Waals surface area (Å²) in [6.07, 6.45) is 1.31. The third-order valence-electron chi connectivity index (χ3n) is 3.57. The number of aromatic hydroxyl groups is 1. The lowest BCUT2D eigenvalue weighted by Gasteiger charge is -2.33. The van der Waals surface area contributed by atoms with Crippen LogP contribution < -0.4 is 4.90 Å². The van der Waals surface area contributed by atoms with Gasteiger partial charge in [-0.3, -0.25) is 9.69 Å². The number of carbonyl (C=O) groups is 2. The first-order valence-corrected chi connectivity index (χ1v) is 6.53. The fourth-order valence-corrected chi connectivity index (χ4v) is 2.35. The summed E-state index contributed by atoms with van der Waals surface area (Å²) in [5, 5.41) is 18.3. The molecule has 1 heterocycles. The van der Waals surface area contributed by atoms with Gasteiger partial charge in [-0.25, -0.2) is 4.79 Å². The molecule has 1 atom stereocenters. The number of urea groups is 1. The molecule has 1 aromatic carbocycles.